The van der Waals surface area contributed by atoms with Crippen molar-refractivity contribution in [3.8, 4) is 0 Å². The fourth-order valence-corrected chi connectivity index (χ4v) is 2.47. The molecule has 0 fully saturated rings. The third kappa shape index (κ3) is 3.96. The van der Waals surface area contributed by atoms with Gasteiger partial charge in [0.1, 0.15) is 0 Å². The Hall–Kier alpha value is -2.66. The fourth-order valence-electron chi connectivity index (χ4n) is 2.47. The van der Waals surface area contributed by atoms with Crippen molar-refractivity contribution in [2.75, 3.05) is 19.0 Å². The van der Waals surface area contributed by atoms with Crippen LogP contribution in [0, 0.1) is 0 Å². The largest absolute Gasteiger partial charge is 0.383 e. The number of hydrogen-bond acceptors (Lipinski definition) is 3. The molecule has 118 valence electrons. The van der Waals surface area contributed by atoms with Crippen molar-refractivity contribution in [2.45, 2.75) is 13.0 Å². The molecule has 0 radical (unpaired) electrons. The first-order chi connectivity index (χ1) is 11.2. The summed E-state index contributed by atoms with van der Waals surface area (Å²) in [6.07, 6.45) is 3.79. The molecule has 0 atom stereocenters. The van der Waals surface area contributed by atoms with E-state index in [4.69, 9.17) is 4.74 Å². The Morgan fingerprint density at radius 2 is 2.04 bits per heavy atom. The third-order valence-corrected chi connectivity index (χ3v) is 3.62. The van der Waals surface area contributed by atoms with Crippen molar-refractivity contribution >= 4 is 22.4 Å². The normalized spacial score (nSPS) is 10.8. The lowest BCUT2D eigenvalue weighted by Gasteiger charge is -2.05. The third-order valence-electron chi connectivity index (χ3n) is 3.62. The quantitative estimate of drug-likeness (QED) is 0.762. The van der Waals surface area contributed by atoms with Crippen molar-refractivity contribution in [1.82, 2.24) is 9.78 Å². The number of aromatic nitrogens is 2. The number of nitrogens with one attached hydrogen (secondary N) is 1. The zero-order valence-corrected chi connectivity index (χ0v) is 13.0. The topological polar surface area (TPSA) is 56.1 Å². The van der Waals surface area contributed by atoms with E-state index in [1.54, 1.807) is 24.2 Å². The Bertz CT molecular complexity index is 811. The van der Waals surface area contributed by atoms with Crippen molar-refractivity contribution in [2.24, 2.45) is 0 Å². The average Bonchev–Trinajstić information content (AvgIpc) is 3.00. The molecule has 1 amide bonds. The summed E-state index contributed by atoms with van der Waals surface area (Å²) in [4.78, 5) is 12.2. The molecule has 0 aliphatic heterocycles. The number of methoxy groups -OCH3 is 1. The lowest BCUT2D eigenvalue weighted by Crippen LogP contribution is -2.14. The Labute approximate surface area is 134 Å². The second-order valence-corrected chi connectivity index (χ2v) is 5.39. The van der Waals surface area contributed by atoms with Gasteiger partial charge >= 0.3 is 0 Å². The second kappa shape index (κ2) is 7.07. The van der Waals surface area contributed by atoms with Crippen LogP contribution in [0.4, 0.5) is 5.69 Å². The van der Waals surface area contributed by atoms with E-state index in [-0.39, 0.29) is 5.91 Å². The van der Waals surface area contributed by atoms with Crippen LogP contribution < -0.4 is 5.32 Å². The summed E-state index contributed by atoms with van der Waals surface area (Å²) >= 11 is 0. The van der Waals surface area contributed by atoms with Crippen LogP contribution in [0.1, 0.15) is 5.56 Å². The molecule has 1 heterocycles. The van der Waals surface area contributed by atoms with Crippen molar-refractivity contribution in [3.05, 3.63) is 60.4 Å². The summed E-state index contributed by atoms with van der Waals surface area (Å²) in [6.45, 7) is 1.25. The van der Waals surface area contributed by atoms with Gasteiger partial charge in [-0.3, -0.25) is 9.48 Å². The lowest BCUT2D eigenvalue weighted by molar-refractivity contribution is -0.115. The predicted molar refractivity (Wildman–Crippen MR) is 90.4 cm³/mol. The van der Waals surface area contributed by atoms with E-state index >= 15 is 0 Å². The summed E-state index contributed by atoms with van der Waals surface area (Å²) < 4.78 is 6.75. The van der Waals surface area contributed by atoms with Gasteiger partial charge in [-0.05, 0) is 16.3 Å². The first kappa shape index (κ1) is 15.2. The average molecular weight is 309 g/mol. The molecule has 1 N–H and O–H groups in total. The minimum absolute atomic E-state index is 0.0495. The number of benzene rings is 2. The zero-order chi connectivity index (χ0) is 16.1. The summed E-state index contributed by atoms with van der Waals surface area (Å²) in [7, 11) is 1.65. The predicted octanol–water partition coefficient (Wildman–Crippen LogP) is 2.86. The summed E-state index contributed by atoms with van der Waals surface area (Å²) in [5.74, 6) is -0.0495. The van der Waals surface area contributed by atoms with Crippen LogP contribution in [0.25, 0.3) is 10.8 Å². The minimum atomic E-state index is -0.0495. The van der Waals surface area contributed by atoms with Gasteiger partial charge in [0.2, 0.25) is 5.91 Å². The van der Waals surface area contributed by atoms with Crippen LogP contribution in [0.5, 0.6) is 0 Å². The van der Waals surface area contributed by atoms with Gasteiger partial charge in [0.25, 0.3) is 0 Å². The van der Waals surface area contributed by atoms with Crippen LogP contribution in [0.15, 0.2) is 54.9 Å². The molecule has 3 aromatic rings. The number of carbonyl (C=O) groups is 1. The molecule has 0 aliphatic carbocycles. The van der Waals surface area contributed by atoms with Crippen molar-refractivity contribution in [1.29, 1.82) is 0 Å². The molecular formula is C18H19N3O2. The van der Waals surface area contributed by atoms with E-state index in [1.165, 1.54) is 5.39 Å². The molecule has 0 saturated carbocycles. The molecule has 5 heteroatoms. The molecule has 2 aromatic carbocycles. The van der Waals surface area contributed by atoms with Crippen molar-refractivity contribution < 1.29 is 9.53 Å². The number of carbonyl (C=O) groups excluding carboxylic acids is 1. The summed E-state index contributed by atoms with van der Waals surface area (Å²) in [5, 5.41) is 9.37. The highest BCUT2D eigenvalue weighted by Crippen LogP contribution is 2.16. The molecule has 0 bridgehead atoms. The molecule has 0 unspecified atom stereocenters. The van der Waals surface area contributed by atoms with E-state index in [1.807, 2.05) is 24.3 Å². The monoisotopic (exact) mass is 309 g/mol. The number of hydrogen-bond donors (Lipinski definition) is 1. The fraction of sp³-hybridized carbons (Fsp3) is 0.222. The van der Waals surface area contributed by atoms with Crippen LogP contribution in [0.3, 0.4) is 0 Å². The highest BCUT2D eigenvalue weighted by atomic mass is 16.5. The number of fused-ring (bicyclic) bond motifs is 1. The number of anilines is 1. The van der Waals surface area contributed by atoms with Crippen LogP contribution in [-0.2, 0) is 22.5 Å². The molecule has 0 spiro atoms. The van der Waals surface area contributed by atoms with Gasteiger partial charge in [0.15, 0.2) is 0 Å². The van der Waals surface area contributed by atoms with Crippen LogP contribution in [0.2, 0.25) is 0 Å². The molecule has 1 aromatic heterocycles. The highest BCUT2D eigenvalue weighted by molar-refractivity contribution is 5.93. The van der Waals surface area contributed by atoms with Gasteiger partial charge in [0, 0.05) is 13.3 Å². The standard InChI is InChI=1S/C18H19N3O2/c1-23-9-8-21-13-17(12-19-21)20-18(22)11-14-6-7-15-4-2-3-5-16(15)10-14/h2-7,10,12-13H,8-9,11H2,1H3,(H,20,22). The summed E-state index contributed by atoms with van der Waals surface area (Å²) in [6, 6.07) is 14.2. The highest BCUT2D eigenvalue weighted by Gasteiger charge is 2.06. The Kier molecular flexibility index (Phi) is 4.68. The molecule has 3 rings (SSSR count). The maximum absolute atomic E-state index is 12.2. The molecule has 23 heavy (non-hydrogen) atoms. The Morgan fingerprint density at radius 1 is 1.22 bits per heavy atom. The first-order valence-electron chi connectivity index (χ1n) is 7.53. The van der Waals surface area contributed by atoms with Gasteiger partial charge in [-0.2, -0.15) is 5.10 Å². The second-order valence-electron chi connectivity index (χ2n) is 5.39. The number of amides is 1. The SMILES string of the molecule is COCCn1cc(NC(=O)Cc2ccc3ccccc3c2)cn1. The number of rotatable bonds is 6. The zero-order valence-electron chi connectivity index (χ0n) is 13.0. The Morgan fingerprint density at radius 3 is 2.87 bits per heavy atom. The lowest BCUT2D eigenvalue weighted by atomic mass is 10.0. The van der Waals surface area contributed by atoms with E-state index in [0.29, 0.717) is 25.3 Å². The smallest absolute Gasteiger partial charge is 0.228 e. The molecule has 5 nitrogen and oxygen atoms in total. The van der Waals surface area contributed by atoms with Gasteiger partial charge in [-0.15, -0.1) is 0 Å². The van der Waals surface area contributed by atoms with Crippen molar-refractivity contribution in [3.63, 3.8) is 0 Å². The maximum Gasteiger partial charge on any atom is 0.228 e. The van der Waals surface area contributed by atoms with E-state index in [9.17, 15) is 4.79 Å². The minimum Gasteiger partial charge on any atom is -0.383 e. The first-order valence-corrected chi connectivity index (χ1v) is 7.53. The van der Waals surface area contributed by atoms with Crippen LogP contribution >= 0.6 is 0 Å². The summed E-state index contributed by atoms with van der Waals surface area (Å²) in [5.41, 5.74) is 1.69. The molecule has 0 saturated heterocycles. The van der Waals surface area contributed by atoms with Gasteiger partial charge in [0.05, 0.1) is 31.5 Å². The number of ether oxygens (including phenoxy) is 1. The van der Waals surface area contributed by atoms with E-state index < -0.39 is 0 Å². The van der Waals surface area contributed by atoms with Gasteiger partial charge < -0.3 is 10.1 Å². The molecule has 0 aliphatic rings. The van der Waals surface area contributed by atoms with Gasteiger partial charge in [-0.1, -0.05) is 42.5 Å². The Balaban J connectivity index is 1.62. The van der Waals surface area contributed by atoms with Crippen LogP contribution in [-0.4, -0.2) is 29.4 Å². The number of nitrogens with zero attached hydrogens (tertiary/aromatic N) is 2. The maximum atomic E-state index is 12.2. The van der Waals surface area contributed by atoms with E-state index in [2.05, 4.69) is 28.6 Å². The van der Waals surface area contributed by atoms with E-state index in [0.717, 1.165) is 10.9 Å². The van der Waals surface area contributed by atoms with Gasteiger partial charge in [-0.25, -0.2) is 0 Å². The molecular weight excluding hydrogens is 290 g/mol.